The molecule has 0 aliphatic carbocycles. The van der Waals surface area contributed by atoms with E-state index in [1.165, 1.54) is 12.3 Å². The number of nitro groups is 1. The highest BCUT2D eigenvalue weighted by atomic mass is 32.2. The summed E-state index contributed by atoms with van der Waals surface area (Å²) >= 11 is 0.732. The number of aromatic nitrogens is 1. The van der Waals surface area contributed by atoms with Gasteiger partial charge < -0.3 is 10.1 Å². The summed E-state index contributed by atoms with van der Waals surface area (Å²) in [6.45, 7) is 0. The quantitative estimate of drug-likeness (QED) is 0.299. The molecule has 0 bridgehead atoms. The zero-order valence-electron chi connectivity index (χ0n) is 5.80. The Morgan fingerprint density at radius 3 is 3.08 bits per heavy atom. The van der Waals surface area contributed by atoms with Crippen LogP contribution in [0.4, 0.5) is 5.82 Å². The summed E-state index contributed by atoms with van der Waals surface area (Å²) in [4.78, 5) is 13.5. The Bertz CT molecular complexity index is 347. The number of nitriles is 1. The van der Waals surface area contributed by atoms with Gasteiger partial charge in [0.15, 0.2) is 0 Å². The van der Waals surface area contributed by atoms with Crippen LogP contribution < -0.4 is 0 Å². The Hall–Kier alpha value is -1.61. The second kappa shape index (κ2) is 3.69. The zero-order chi connectivity index (χ0) is 8.97. The molecule has 1 aromatic rings. The molecule has 0 radical (unpaired) electrons. The van der Waals surface area contributed by atoms with Crippen LogP contribution in [0.15, 0.2) is 23.2 Å². The van der Waals surface area contributed by atoms with Gasteiger partial charge in [-0.1, -0.05) is 0 Å². The van der Waals surface area contributed by atoms with E-state index in [-0.39, 0.29) is 10.7 Å². The Morgan fingerprint density at radius 2 is 2.50 bits per heavy atom. The van der Waals surface area contributed by atoms with Crippen molar-refractivity contribution in [3.8, 4) is 5.40 Å². The maximum atomic E-state index is 10.3. The smallest absolute Gasteiger partial charge is 0.358 e. The van der Waals surface area contributed by atoms with Crippen LogP contribution in [0, 0.1) is 20.8 Å². The van der Waals surface area contributed by atoms with E-state index >= 15 is 0 Å². The number of thioether (sulfide) groups is 1. The largest absolute Gasteiger partial charge is 0.378 e. The normalized spacial score (nSPS) is 8.92. The third-order valence-electron chi connectivity index (χ3n) is 1.08. The van der Waals surface area contributed by atoms with Gasteiger partial charge in [-0.3, -0.25) is 0 Å². The first kappa shape index (κ1) is 8.49. The molecule has 0 atom stereocenters. The molecule has 0 fully saturated rings. The fraction of sp³-hybridized carbons (Fsp3) is 0. The third kappa shape index (κ3) is 1.71. The summed E-state index contributed by atoms with van der Waals surface area (Å²) < 4.78 is 0. The van der Waals surface area contributed by atoms with Crippen molar-refractivity contribution in [3.05, 3.63) is 28.4 Å². The van der Waals surface area contributed by atoms with E-state index in [1.54, 1.807) is 11.5 Å². The SMILES string of the molecule is N#CSc1cccnc1[N+](=O)[O-]. The molecule has 0 aromatic carbocycles. The summed E-state index contributed by atoms with van der Waals surface area (Å²) in [6, 6.07) is 3.03. The molecule has 0 aliphatic rings. The van der Waals surface area contributed by atoms with Crippen molar-refractivity contribution in [2.45, 2.75) is 4.90 Å². The van der Waals surface area contributed by atoms with Crippen LogP contribution in [0.25, 0.3) is 0 Å². The van der Waals surface area contributed by atoms with E-state index in [0.29, 0.717) is 0 Å². The molecule has 5 nitrogen and oxygen atoms in total. The number of hydrogen-bond acceptors (Lipinski definition) is 5. The molecule has 6 heteroatoms. The van der Waals surface area contributed by atoms with Gasteiger partial charge in [0.05, 0.1) is 0 Å². The van der Waals surface area contributed by atoms with E-state index in [9.17, 15) is 10.1 Å². The van der Waals surface area contributed by atoms with E-state index in [4.69, 9.17) is 5.26 Å². The molecule has 60 valence electrons. The van der Waals surface area contributed by atoms with Crippen molar-refractivity contribution in [3.63, 3.8) is 0 Å². The van der Waals surface area contributed by atoms with E-state index in [2.05, 4.69) is 4.98 Å². The number of rotatable bonds is 2. The topological polar surface area (TPSA) is 79.8 Å². The van der Waals surface area contributed by atoms with Crippen LogP contribution in [0.3, 0.4) is 0 Å². The first-order valence-corrected chi connectivity index (χ1v) is 3.72. The average Bonchev–Trinajstić information content (AvgIpc) is 2.05. The summed E-state index contributed by atoms with van der Waals surface area (Å²) in [5.74, 6) is -0.274. The first-order chi connectivity index (χ1) is 5.75. The minimum absolute atomic E-state index is 0.269. The van der Waals surface area contributed by atoms with Crippen molar-refractivity contribution in [2.75, 3.05) is 0 Å². The molecule has 0 saturated heterocycles. The van der Waals surface area contributed by atoms with E-state index in [1.807, 2.05) is 0 Å². The summed E-state index contributed by atoms with van der Waals surface area (Å²) in [7, 11) is 0. The predicted octanol–water partition coefficient (Wildman–Crippen LogP) is 1.56. The molecule has 1 rings (SSSR count). The number of hydrogen-bond donors (Lipinski definition) is 0. The predicted molar refractivity (Wildman–Crippen MR) is 42.4 cm³/mol. The monoisotopic (exact) mass is 181 g/mol. The molecule has 0 aliphatic heterocycles. The maximum Gasteiger partial charge on any atom is 0.378 e. The Balaban J connectivity index is 3.10. The first-order valence-electron chi connectivity index (χ1n) is 2.91. The summed E-state index contributed by atoms with van der Waals surface area (Å²) in [5, 5.41) is 20.4. The lowest BCUT2D eigenvalue weighted by Gasteiger charge is -1.94. The minimum Gasteiger partial charge on any atom is -0.358 e. The van der Waals surface area contributed by atoms with Crippen LogP contribution in [0.5, 0.6) is 0 Å². The highest BCUT2D eigenvalue weighted by Gasteiger charge is 2.13. The van der Waals surface area contributed by atoms with E-state index in [0.717, 1.165) is 11.8 Å². The second-order valence-electron chi connectivity index (χ2n) is 1.78. The average molecular weight is 181 g/mol. The molecule has 0 N–H and O–H groups in total. The van der Waals surface area contributed by atoms with Gasteiger partial charge in [0.25, 0.3) is 0 Å². The molecular weight excluding hydrogens is 178 g/mol. The zero-order valence-corrected chi connectivity index (χ0v) is 6.61. The molecule has 12 heavy (non-hydrogen) atoms. The molecule has 0 amide bonds. The Kier molecular flexibility index (Phi) is 2.61. The maximum absolute atomic E-state index is 10.3. The van der Waals surface area contributed by atoms with Crippen molar-refractivity contribution in [1.29, 1.82) is 5.26 Å². The van der Waals surface area contributed by atoms with Gasteiger partial charge in [-0.2, -0.15) is 5.26 Å². The van der Waals surface area contributed by atoms with Crippen LogP contribution in [-0.4, -0.2) is 9.91 Å². The van der Waals surface area contributed by atoms with Crippen molar-refractivity contribution >= 4 is 17.6 Å². The summed E-state index contributed by atoms with van der Waals surface area (Å²) in [6.07, 6.45) is 1.32. The standard InChI is InChI=1S/C6H3N3O2S/c7-4-12-5-2-1-3-8-6(5)9(10)11/h1-3H. The number of pyridine rings is 1. The molecule has 0 unspecified atom stereocenters. The number of thiocyanates is 1. The summed E-state index contributed by atoms with van der Waals surface area (Å²) in [5.41, 5.74) is 0. The van der Waals surface area contributed by atoms with Gasteiger partial charge in [0.2, 0.25) is 0 Å². The van der Waals surface area contributed by atoms with Crippen molar-refractivity contribution < 1.29 is 4.92 Å². The molecule has 0 spiro atoms. The third-order valence-corrected chi connectivity index (χ3v) is 1.71. The van der Waals surface area contributed by atoms with Crippen LogP contribution >= 0.6 is 11.8 Å². The van der Waals surface area contributed by atoms with Gasteiger partial charge in [-0.15, -0.1) is 0 Å². The van der Waals surface area contributed by atoms with Crippen molar-refractivity contribution in [2.24, 2.45) is 0 Å². The second-order valence-corrected chi connectivity index (χ2v) is 2.60. The fourth-order valence-corrected chi connectivity index (χ4v) is 1.11. The van der Waals surface area contributed by atoms with Gasteiger partial charge in [-0.05, 0) is 33.8 Å². The van der Waals surface area contributed by atoms with Crippen LogP contribution in [0.1, 0.15) is 0 Å². The lowest BCUT2D eigenvalue weighted by atomic mass is 10.5. The Labute approximate surface area is 72.2 Å². The highest BCUT2D eigenvalue weighted by molar-refractivity contribution is 8.03. The molecule has 0 saturated carbocycles. The minimum atomic E-state index is -0.611. The van der Waals surface area contributed by atoms with Gasteiger partial charge in [0, 0.05) is 0 Å². The van der Waals surface area contributed by atoms with E-state index < -0.39 is 4.92 Å². The van der Waals surface area contributed by atoms with Crippen LogP contribution in [-0.2, 0) is 0 Å². The fourth-order valence-electron chi connectivity index (χ4n) is 0.648. The lowest BCUT2D eigenvalue weighted by molar-refractivity contribution is -0.392. The number of nitrogens with zero attached hydrogens (tertiary/aromatic N) is 3. The highest BCUT2D eigenvalue weighted by Crippen LogP contribution is 2.24. The van der Waals surface area contributed by atoms with Gasteiger partial charge >= 0.3 is 5.82 Å². The lowest BCUT2D eigenvalue weighted by Crippen LogP contribution is -1.92. The molecular formula is C6H3N3O2S. The Morgan fingerprint density at radius 1 is 1.75 bits per heavy atom. The van der Waals surface area contributed by atoms with Crippen LogP contribution in [0.2, 0.25) is 0 Å². The van der Waals surface area contributed by atoms with Gasteiger partial charge in [-0.25, -0.2) is 0 Å². The van der Waals surface area contributed by atoms with Gasteiger partial charge in [0.1, 0.15) is 16.5 Å². The molecule has 1 heterocycles. The molecule has 1 aromatic heterocycles. The van der Waals surface area contributed by atoms with Crippen molar-refractivity contribution in [1.82, 2.24) is 4.98 Å².